The Hall–Kier alpha value is -4.35. The van der Waals surface area contributed by atoms with Crippen LogP contribution in [0.3, 0.4) is 0 Å². The molecule has 8 heteroatoms. The summed E-state index contributed by atoms with van der Waals surface area (Å²) in [6.45, 7) is 0. The molecule has 0 spiro atoms. The Morgan fingerprint density at radius 2 is 1.77 bits per heavy atom. The molecule has 0 fully saturated rings. The molecule has 7 nitrogen and oxygen atoms in total. The van der Waals surface area contributed by atoms with E-state index in [1.54, 1.807) is 26.4 Å². The quantitative estimate of drug-likeness (QED) is 0.213. The number of nitrogen functional groups attached to an aromatic ring is 1. The average Bonchev–Trinajstić information content (AvgIpc) is 3.26. The summed E-state index contributed by atoms with van der Waals surface area (Å²) < 4.78 is 10.8. The van der Waals surface area contributed by atoms with Crippen molar-refractivity contribution in [2.75, 3.05) is 20.0 Å². The van der Waals surface area contributed by atoms with E-state index < -0.39 is 4.92 Å². The SMILES string of the molecule is COc1ccc(C(Cc2cc([N+](=O)[O-])ccc2OC)c2nc(N)sc2C#Cc2ccccc2)cc1. The van der Waals surface area contributed by atoms with E-state index in [1.165, 1.54) is 17.4 Å². The van der Waals surface area contributed by atoms with Crippen LogP contribution < -0.4 is 15.2 Å². The summed E-state index contributed by atoms with van der Waals surface area (Å²) in [7, 11) is 3.16. The number of aromatic nitrogens is 1. The van der Waals surface area contributed by atoms with E-state index in [4.69, 9.17) is 15.2 Å². The molecule has 0 saturated carbocycles. The van der Waals surface area contributed by atoms with Gasteiger partial charge in [-0.1, -0.05) is 47.6 Å². The molecule has 176 valence electrons. The molecular weight excluding hydrogens is 462 g/mol. The second-order valence-corrected chi connectivity index (χ2v) is 8.70. The summed E-state index contributed by atoms with van der Waals surface area (Å²) in [4.78, 5) is 16.4. The number of nitrogens with zero attached hydrogens (tertiary/aromatic N) is 2. The van der Waals surface area contributed by atoms with Crippen LogP contribution in [0.2, 0.25) is 0 Å². The monoisotopic (exact) mass is 485 g/mol. The molecule has 0 aliphatic rings. The lowest BCUT2D eigenvalue weighted by Gasteiger charge is -2.18. The second-order valence-electron chi connectivity index (χ2n) is 7.67. The van der Waals surface area contributed by atoms with Gasteiger partial charge in [0.15, 0.2) is 5.13 Å². The first-order valence-corrected chi connectivity index (χ1v) is 11.6. The van der Waals surface area contributed by atoms with E-state index in [0.717, 1.165) is 27.4 Å². The zero-order valence-corrected chi connectivity index (χ0v) is 20.0. The minimum absolute atomic E-state index is 0.00355. The van der Waals surface area contributed by atoms with Gasteiger partial charge in [-0.15, -0.1) is 0 Å². The molecule has 1 aromatic heterocycles. The molecule has 2 N–H and O–H groups in total. The highest BCUT2D eigenvalue weighted by Crippen LogP contribution is 2.37. The Morgan fingerprint density at radius 3 is 2.43 bits per heavy atom. The van der Waals surface area contributed by atoms with Crippen LogP contribution in [0.25, 0.3) is 0 Å². The van der Waals surface area contributed by atoms with Gasteiger partial charge < -0.3 is 15.2 Å². The second kappa shape index (κ2) is 10.7. The van der Waals surface area contributed by atoms with Gasteiger partial charge in [-0.2, -0.15) is 0 Å². The first-order chi connectivity index (χ1) is 17.0. The number of benzene rings is 3. The summed E-state index contributed by atoms with van der Waals surface area (Å²) in [6.07, 6.45) is 0.403. The molecule has 0 radical (unpaired) electrons. The highest BCUT2D eigenvalue weighted by atomic mass is 32.1. The molecule has 0 amide bonds. The number of non-ortho nitro benzene ring substituents is 1. The lowest BCUT2D eigenvalue weighted by atomic mass is 9.88. The summed E-state index contributed by atoms with van der Waals surface area (Å²) in [5.74, 6) is 7.43. The predicted octanol–water partition coefficient (Wildman–Crippen LogP) is 5.43. The molecule has 0 aliphatic heterocycles. The third-order valence-corrected chi connectivity index (χ3v) is 6.33. The molecular formula is C27H23N3O4S. The van der Waals surface area contributed by atoms with Crippen LogP contribution in [-0.2, 0) is 6.42 Å². The van der Waals surface area contributed by atoms with Crippen LogP contribution in [0.4, 0.5) is 10.8 Å². The fourth-order valence-corrected chi connectivity index (χ4v) is 4.54. The normalized spacial score (nSPS) is 11.3. The van der Waals surface area contributed by atoms with Crippen molar-refractivity contribution in [2.45, 2.75) is 12.3 Å². The Morgan fingerprint density at radius 1 is 1.03 bits per heavy atom. The number of nitro groups is 1. The third-order valence-electron chi connectivity index (χ3n) is 5.51. The van der Waals surface area contributed by atoms with Gasteiger partial charge in [-0.05, 0) is 48.2 Å². The lowest BCUT2D eigenvalue weighted by molar-refractivity contribution is -0.384. The van der Waals surface area contributed by atoms with Crippen LogP contribution in [0.5, 0.6) is 11.5 Å². The maximum atomic E-state index is 11.4. The van der Waals surface area contributed by atoms with Crippen molar-refractivity contribution in [3.05, 3.63) is 110 Å². The topological polar surface area (TPSA) is 101 Å². The highest BCUT2D eigenvalue weighted by Gasteiger charge is 2.25. The smallest absolute Gasteiger partial charge is 0.269 e. The number of hydrogen-bond donors (Lipinski definition) is 1. The largest absolute Gasteiger partial charge is 0.497 e. The number of thiazole rings is 1. The summed E-state index contributed by atoms with van der Waals surface area (Å²) in [5.41, 5.74) is 9.37. The van der Waals surface area contributed by atoms with Crippen molar-refractivity contribution >= 4 is 22.2 Å². The van der Waals surface area contributed by atoms with E-state index in [0.29, 0.717) is 22.9 Å². The van der Waals surface area contributed by atoms with E-state index in [9.17, 15) is 10.1 Å². The molecule has 0 aliphatic carbocycles. The van der Waals surface area contributed by atoms with E-state index in [2.05, 4.69) is 16.8 Å². The number of hydrogen-bond acceptors (Lipinski definition) is 7. The maximum absolute atomic E-state index is 11.4. The van der Waals surface area contributed by atoms with Gasteiger partial charge in [0, 0.05) is 29.2 Å². The molecule has 1 heterocycles. The minimum atomic E-state index is -0.414. The van der Waals surface area contributed by atoms with Gasteiger partial charge >= 0.3 is 0 Å². The number of nitrogens with two attached hydrogens (primary N) is 1. The molecule has 4 aromatic rings. The minimum Gasteiger partial charge on any atom is -0.497 e. The van der Waals surface area contributed by atoms with E-state index in [1.807, 2.05) is 54.6 Å². The maximum Gasteiger partial charge on any atom is 0.269 e. The van der Waals surface area contributed by atoms with Gasteiger partial charge in [0.2, 0.25) is 0 Å². The van der Waals surface area contributed by atoms with Crippen molar-refractivity contribution in [3.63, 3.8) is 0 Å². The zero-order chi connectivity index (χ0) is 24.8. The number of methoxy groups -OCH3 is 2. The zero-order valence-electron chi connectivity index (χ0n) is 19.2. The van der Waals surface area contributed by atoms with Gasteiger partial charge in [-0.25, -0.2) is 4.98 Å². The fraction of sp³-hybridized carbons (Fsp3) is 0.148. The number of ether oxygens (including phenoxy) is 2. The highest BCUT2D eigenvalue weighted by molar-refractivity contribution is 7.16. The Labute approximate surface area is 207 Å². The lowest BCUT2D eigenvalue weighted by Crippen LogP contribution is -2.09. The number of anilines is 1. The first kappa shape index (κ1) is 23.8. The van der Waals surface area contributed by atoms with Gasteiger partial charge in [-0.3, -0.25) is 10.1 Å². The van der Waals surface area contributed by atoms with Crippen molar-refractivity contribution in [3.8, 4) is 23.3 Å². The number of rotatable bonds is 7. The number of nitro benzene ring substituents is 1. The van der Waals surface area contributed by atoms with Crippen LogP contribution in [-0.4, -0.2) is 24.1 Å². The Bertz CT molecular complexity index is 1390. The molecule has 1 unspecified atom stereocenters. The van der Waals surface area contributed by atoms with Crippen molar-refractivity contribution in [1.82, 2.24) is 4.98 Å². The first-order valence-electron chi connectivity index (χ1n) is 10.8. The average molecular weight is 486 g/mol. The fourth-order valence-electron chi connectivity index (χ4n) is 3.79. The Kier molecular flexibility index (Phi) is 7.29. The standard InChI is InChI=1S/C27H23N3O4S/c1-33-22-12-9-19(10-13-22)23(17-20-16-21(30(31)32)11-14-24(20)34-2)26-25(35-27(28)29-26)15-8-18-6-4-3-5-7-18/h3-7,9-14,16,23H,17H2,1-2H3,(H2,28,29). The predicted molar refractivity (Wildman–Crippen MR) is 137 cm³/mol. The van der Waals surface area contributed by atoms with Crippen LogP contribution in [0, 0.1) is 22.0 Å². The van der Waals surface area contributed by atoms with Gasteiger partial charge in [0.05, 0.1) is 24.8 Å². The molecule has 0 saturated heterocycles. The van der Waals surface area contributed by atoms with Crippen molar-refractivity contribution in [1.29, 1.82) is 0 Å². The Balaban J connectivity index is 1.82. The molecule has 0 bridgehead atoms. The van der Waals surface area contributed by atoms with Gasteiger partial charge in [0.1, 0.15) is 16.4 Å². The van der Waals surface area contributed by atoms with Crippen LogP contribution in [0.1, 0.15) is 33.2 Å². The van der Waals surface area contributed by atoms with Crippen LogP contribution >= 0.6 is 11.3 Å². The van der Waals surface area contributed by atoms with E-state index in [-0.39, 0.29) is 11.6 Å². The molecule has 3 aromatic carbocycles. The third kappa shape index (κ3) is 5.60. The molecule has 35 heavy (non-hydrogen) atoms. The van der Waals surface area contributed by atoms with Gasteiger partial charge in [0.25, 0.3) is 5.69 Å². The summed E-state index contributed by atoms with van der Waals surface area (Å²) >= 11 is 1.32. The van der Waals surface area contributed by atoms with Crippen molar-refractivity contribution < 1.29 is 14.4 Å². The van der Waals surface area contributed by atoms with E-state index >= 15 is 0 Å². The van der Waals surface area contributed by atoms with Crippen molar-refractivity contribution in [2.24, 2.45) is 0 Å². The summed E-state index contributed by atoms with van der Waals surface area (Å²) in [6, 6.07) is 21.9. The summed E-state index contributed by atoms with van der Waals surface area (Å²) in [5, 5.41) is 11.8. The molecule has 1 atom stereocenters. The van der Waals surface area contributed by atoms with Crippen LogP contribution in [0.15, 0.2) is 72.8 Å². The molecule has 4 rings (SSSR count).